The first kappa shape index (κ1) is 40.6. The Morgan fingerprint density at radius 3 is 1.54 bits per heavy atom. The monoisotopic (exact) mass is 734 g/mol. The third kappa shape index (κ3) is 9.81. The number of aliphatic hydroxyl groups excluding tert-OH is 1. The predicted molar refractivity (Wildman–Crippen MR) is 201 cm³/mol. The Morgan fingerprint density at radius 2 is 1.08 bits per heavy atom. The maximum Gasteiger partial charge on any atom is 0.500 e. The van der Waals surface area contributed by atoms with Gasteiger partial charge < -0.3 is 52.5 Å². The third-order valence-corrected chi connectivity index (χ3v) is 17.0. The van der Waals surface area contributed by atoms with Gasteiger partial charge in [0.1, 0.15) is 11.5 Å². The fourth-order valence-electron chi connectivity index (χ4n) is 7.80. The average Bonchev–Trinajstić information content (AvgIpc) is 3.13. The largest absolute Gasteiger partial charge is 0.506 e. The lowest BCUT2D eigenvalue weighted by Gasteiger charge is -2.36. The zero-order valence-electron chi connectivity index (χ0n) is 31.4. The molecule has 11 nitrogen and oxygen atoms in total. The standard InChI is InChI=1S/C37H62N2O9Si2/c1-37(2,28-12-17-34(40)32(24-28)38-30-14-9-26(10-15-30)19-21-49(43-3,44-4)45-5)29-13-18-35(41)33(25-29)39-31-16-11-27(23-36(31)42)20-22-50(46-6,47-7)48-8/h12-13,17-18,24-27,30-31,36,38-42H,9-11,14-16,19-23H2,1-8H3. The Kier molecular flexibility index (Phi) is 14.6. The van der Waals surface area contributed by atoms with Crippen LogP contribution >= 0.6 is 0 Å². The summed E-state index contributed by atoms with van der Waals surface area (Å²) in [4.78, 5) is 0. The van der Waals surface area contributed by atoms with E-state index in [9.17, 15) is 15.3 Å². The van der Waals surface area contributed by atoms with Crippen molar-refractivity contribution in [3.8, 4) is 11.5 Å². The highest BCUT2D eigenvalue weighted by Gasteiger charge is 2.40. The minimum atomic E-state index is -2.65. The summed E-state index contributed by atoms with van der Waals surface area (Å²) in [5, 5.41) is 39.9. The Morgan fingerprint density at radius 1 is 0.640 bits per heavy atom. The van der Waals surface area contributed by atoms with Gasteiger partial charge in [0, 0.05) is 66.2 Å². The van der Waals surface area contributed by atoms with Crippen LogP contribution in [-0.4, -0.2) is 93.8 Å². The zero-order chi connectivity index (χ0) is 36.5. The number of aliphatic hydroxyl groups is 1. The smallest absolute Gasteiger partial charge is 0.500 e. The van der Waals surface area contributed by atoms with E-state index in [0.29, 0.717) is 30.0 Å². The molecule has 13 heteroatoms. The molecule has 2 saturated carbocycles. The Balaban J connectivity index is 1.37. The van der Waals surface area contributed by atoms with E-state index in [1.807, 2.05) is 18.2 Å². The van der Waals surface area contributed by atoms with Crippen LogP contribution in [0, 0.1) is 11.8 Å². The molecule has 3 atom stereocenters. The van der Waals surface area contributed by atoms with Crippen molar-refractivity contribution in [3.05, 3.63) is 47.5 Å². The zero-order valence-corrected chi connectivity index (χ0v) is 33.4. The second kappa shape index (κ2) is 18.0. The van der Waals surface area contributed by atoms with Gasteiger partial charge in [0.25, 0.3) is 0 Å². The summed E-state index contributed by atoms with van der Waals surface area (Å²) in [5.41, 5.74) is 2.98. The van der Waals surface area contributed by atoms with Crippen LogP contribution in [0.2, 0.25) is 12.1 Å². The van der Waals surface area contributed by atoms with Gasteiger partial charge in [-0.3, -0.25) is 0 Å². The molecule has 2 aromatic carbocycles. The van der Waals surface area contributed by atoms with E-state index in [1.165, 1.54) is 0 Å². The van der Waals surface area contributed by atoms with Crippen molar-refractivity contribution < 1.29 is 41.9 Å². The summed E-state index contributed by atoms with van der Waals surface area (Å²) in [5.74, 6) is 1.33. The molecule has 0 radical (unpaired) electrons. The van der Waals surface area contributed by atoms with Crippen molar-refractivity contribution in [2.24, 2.45) is 11.8 Å². The summed E-state index contributed by atoms with van der Waals surface area (Å²) in [6.07, 6.45) is 7.98. The molecule has 0 heterocycles. The number of nitrogens with one attached hydrogen (secondary N) is 2. The highest BCUT2D eigenvalue weighted by Crippen LogP contribution is 2.41. The maximum atomic E-state index is 11.1. The summed E-state index contributed by atoms with van der Waals surface area (Å²) >= 11 is 0. The molecule has 0 aromatic heterocycles. The van der Waals surface area contributed by atoms with Gasteiger partial charge in [0.15, 0.2) is 0 Å². The first-order chi connectivity index (χ1) is 23.9. The van der Waals surface area contributed by atoms with Crippen molar-refractivity contribution in [2.45, 2.75) is 107 Å². The first-order valence-corrected chi connectivity index (χ1v) is 21.9. The molecule has 0 bridgehead atoms. The van der Waals surface area contributed by atoms with Crippen LogP contribution in [0.5, 0.6) is 11.5 Å². The van der Waals surface area contributed by atoms with E-state index >= 15 is 0 Å². The van der Waals surface area contributed by atoms with Gasteiger partial charge in [-0.1, -0.05) is 26.0 Å². The number of phenolic OH excluding ortho intramolecular Hbond substituents is 2. The van der Waals surface area contributed by atoms with Gasteiger partial charge in [0.05, 0.1) is 23.5 Å². The molecular formula is C37H62N2O9Si2. The third-order valence-electron chi connectivity index (χ3n) is 11.5. The van der Waals surface area contributed by atoms with Crippen LogP contribution in [0.4, 0.5) is 11.4 Å². The quantitative estimate of drug-likeness (QED) is 0.0810. The number of phenols is 2. The molecule has 3 unspecified atom stereocenters. The average molecular weight is 735 g/mol. The highest BCUT2D eigenvalue weighted by atomic mass is 28.4. The van der Waals surface area contributed by atoms with Crippen LogP contribution in [0.25, 0.3) is 0 Å². The number of aromatic hydroxyl groups is 2. The van der Waals surface area contributed by atoms with Gasteiger partial charge in [-0.05, 0) is 105 Å². The molecule has 282 valence electrons. The minimum Gasteiger partial charge on any atom is -0.506 e. The van der Waals surface area contributed by atoms with Gasteiger partial charge in [-0.25, -0.2) is 0 Å². The maximum absolute atomic E-state index is 11.1. The van der Waals surface area contributed by atoms with Crippen molar-refractivity contribution >= 4 is 29.0 Å². The lowest BCUT2D eigenvalue weighted by Crippen LogP contribution is -2.44. The molecule has 50 heavy (non-hydrogen) atoms. The van der Waals surface area contributed by atoms with Gasteiger partial charge >= 0.3 is 17.6 Å². The lowest BCUT2D eigenvalue weighted by atomic mass is 9.77. The number of rotatable bonds is 18. The van der Waals surface area contributed by atoms with E-state index in [-0.39, 0.29) is 23.6 Å². The van der Waals surface area contributed by atoms with Crippen molar-refractivity contribution in [1.82, 2.24) is 0 Å². The number of hydrogen-bond donors (Lipinski definition) is 5. The topological polar surface area (TPSA) is 140 Å². The molecule has 5 N–H and O–H groups in total. The normalized spacial score (nSPS) is 23.5. The molecule has 2 aliphatic rings. The second-order valence-electron chi connectivity index (χ2n) is 14.6. The lowest BCUT2D eigenvalue weighted by molar-refractivity contribution is 0.0814. The molecule has 0 amide bonds. The summed E-state index contributed by atoms with van der Waals surface area (Å²) in [6.45, 7) is 4.30. The van der Waals surface area contributed by atoms with E-state index < -0.39 is 29.1 Å². The van der Waals surface area contributed by atoms with Crippen LogP contribution in [0.15, 0.2) is 36.4 Å². The molecular weight excluding hydrogens is 673 g/mol. The van der Waals surface area contributed by atoms with E-state index in [4.69, 9.17) is 26.6 Å². The van der Waals surface area contributed by atoms with Crippen molar-refractivity contribution in [2.75, 3.05) is 53.3 Å². The fraction of sp³-hybridized carbons (Fsp3) is 0.676. The van der Waals surface area contributed by atoms with Gasteiger partial charge in [0.2, 0.25) is 0 Å². The molecule has 2 aliphatic carbocycles. The van der Waals surface area contributed by atoms with Crippen molar-refractivity contribution in [3.63, 3.8) is 0 Å². The molecule has 0 aliphatic heterocycles. The Hall–Kier alpha value is -2.21. The van der Waals surface area contributed by atoms with Crippen molar-refractivity contribution in [1.29, 1.82) is 0 Å². The minimum absolute atomic E-state index is 0.151. The summed E-state index contributed by atoms with van der Waals surface area (Å²) in [6, 6.07) is 13.1. The summed E-state index contributed by atoms with van der Waals surface area (Å²) < 4.78 is 33.6. The van der Waals surface area contributed by atoms with Crippen LogP contribution in [0.3, 0.4) is 0 Å². The number of hydrogen-bond acceptors (Lipinski definition) is 11. The first-order valence-electron chi connectivity index (χ1n) is 18.1. The Labute approximate surface area is 301 Å². The van der Waals surface area contributed by atoms with E-state index in [0.717, 1.165) is 74.2 Å². The summed E-state index contributed by atoms with van der Waals surface area (Å²) in [7, 11) is 4.67. The van der Waals surface area contributed by atoms with Gasteiger partial charge in [-0.15, -0.1) is 0 Å². The van der Waals surface area contributed by atoms with Crippen LogP contribution in [-0.2, 0) is 32.0 Å². The molecule has 2 aromatic rings. The molecule has 2 fully saturated rings. The van der Waals surface area contributed by atoms with Crippen LogP contribution < -0.4 is 10.6 Å². The molecule has 0 saturated heterocycles. The fourth-order valence-corrected chi connectivity index (χ4v) is 11.5. The molecule has 4 rings (SSSR count). The SMILES string of the molecule is CO[Si](CCC1CCC(Nc2cc(C(C)(C)c3ccc(O)c(NC4CCC(CC[Si](OC)(OC)OC)CC4O)c3)ccc2O)CC1)(OC)OC. The number of anilines is 2. The van der Waals surface area contributed by atoms with E-state index in [1.54, 1.807) is 54.8 Å². The van der Waals surface area contributed by atoms with Crippen LogP contribution in [0.1, 0.15) is 82.8 Å². The second-order valence-corrected chi connectivity index (χ2v) is 20.8. The Bertz CT molecular complexity index is 1330. The van der Waals surface area contributed by atoms with Gasteiger partial charge in [-0.2, -0.15) is 0 Å². The predicted octanol–water partition coefficient (Wildman–Crippen LogP) is 6.87. The number of benzene rings is 2. The molecule has 0 spiro atoms. The highest BCUT2D eigenvalue weighted by molar-refractivity contribution is 6.60. The van der Waals surface area contributed by atoms with E-state index in [2.05, 4.69) is 30.5 Å².